The van der Waals surface area contributed by atoms with Gasteiger partial charge in [0, 0.05) is 31.4 Å². The van der Waals surface area contributed by atoms with E-state index in [4.69, 9.17) is 9.72 Å². The molecule has 114 valence electrons. The summed E-state index contributed by atoms with van der Waals surface area (Å²) < 4.78 is 18.5. The minimum atomic E-state index is -0.195. The third-order valence-electron chi connectivity index (χ3n) is 4.84. The van der Waals surface area contributed by atoms with Crippen LogP contribution < -0.4 is 5.32 Å². The maximum Gasteiger partial charge on any atom is 0.123 e. The zero-order valence-corrected chi connectivity index (χ0v) is 12.4. The SMILES string of the molecule is Fc1ccc(Cc2cnc3c(c2)NCC32CCOCC2)cc1. The molecule has 1 saturated heterocycles. The van der Waals surface area contributed by atoms with Gasteiger partial charge in [-0.2, -0.15) is 0 Å². The van der Waals surface area contributed by atoms with Gasteiger partial charge in [0.15, 0.2) is 0 Å². The Hall–Kier alpha value is -1.94. The molecule has 0 bridgehead atoms. The Bertz CT molecular complexity index is 678. The lowest BCUT2D eigenvalue weighted by molar-refractivity contribution is 0.0554. The van der Waals surface area contributed by atoms with E-state index in [-0.39, 0.29) is 11.2 Å². The number of nitrogens with zero attached hydrogens (tertiary/aromatic N) is 1. The second-order valence-electron chi connectivity index (χ2n) is 6.29. The van der Waals surface area contributed by atoms with E-state index in [1.54, 1.807) is 0 Å². The van der Waals surface area contributed by atoms with Crippen molar-refractivity contribution in [2.45, 2.75) is 24.7 Å². The second-order valence-corrected chi connectivity index (χ2v) is 6.29. The molecule has 2 aliphatic rings. The van der Waals surface area contributed by atoms with Crippen LogP contribution in [0.3, 0.4) is 0 Å². The van der Waals surface area contributed by atoms with Crippen molar-refractivity contribution in [1.29, 1.82) is 0 Å². The molecule has 3 nitrogen and oxygen atoms in total. The van der Waals surface area contributed by atoms with Gasteiger partial charge in [0.05, 0.1) is 11.4 Å². The van der Waals surface area contributed by atoms with Gasteiger partial charge in [-0.15, -0.1) is 0 Å². The molecular formula is C18H19FN2O. The Kier molecular flexibility index (Phi) is 3.34. The van der Waals surface area contributed by atoms with Crippen molar-refractivity contribution in [2.24, 2.45) is 0 Å². The number of pyridine rings is 1. The molecule has 4 rings (SSSR count). The molecule has 0 aliphatic carbocycles. The Morgan fingerprint density at radius 3 is 2.68 bits per heavy atom. The summed E-state index contributed by atoms with van der Waals surface area (Å²) in [5.41, 5.74) is 4.76. The first kappa shape index (κ1) is 13.7. The third kappa shape index (κ3) is 2.37. The van der Waals surface area contributed by atoms with Gasteiger partial charge in [0.1, 0.15) is 5.82 Å². The summed E-state index contributed by atoms with van der Waals surface area (Å²) in [6.45, 7) is 2.60. The fourth-order valence-electron chi connectivity index (χ4n) is 3.52. The second kappa shape index (κ2) is 5.36. The summed E-state index contributed by atoms with van der Waals surface area (Å²) in [5.74, 6) is -0.195. The van der Waals surface area contributed by atoms with Gasteiger partial charge in [-0.1, -0.05) is 12.1 Å². The highest BCUT2D eigenvalue weighted by molar-refractivity contribution is 5.59. The van der Waals surface area contributed by atoms with Gasteiger partial charge in [-0.05, 0) is 48.6 Å². The number of halogens is 1. The highest BCUT2D eigenvalue weighted by Gasteiger charge is 2.41. The lowest BCUT2D eigenvalue weighted by Gasteiger charge is -2.32. The summed E-state index contributed by atoms with van der Waals surface area (Å²) in [5, 5.41) is 3.52. The Morgan fingerprint density at radius 1 is 1.14 bits per heavy atom. The van der Waals surface area contributed by atoms with E-state index in [1.165, 1.54) is 17.8 Å². The lowest BCUT2D eigenvalue weighted by Crippen LogP contribution is -2.36. The van der Waals surface area contributed by atoms with Crippen LogP contribution in [-0.4, -0.2) is 24.7 Å². The zero-order chi connectivity index (χ0) is 15.0. The molecule has 1 spiro atoms. The quantitative estimate of drug-likeness (QED) is 0.924. The normalized spacial score (nSPS) is 19.0. The lowest BCUT2D eigenvalue weighted by atomic mass is 9.78. The standard InChI is InChI=1S/C18H19FN2O/c19-15-3-1-13(2-4-15)9-14-10-16-17(20-11-14)18(12-21-16)5-7-22-8-6-18/h1-4,10-11,21H,5-9,12H2. The number of hydrogen-bond donors (Lipinski definition) is 1. The third-order valence-corrected chi connectivity index (χ3v) is 4.84. The molecule has 0 atom stereocenters. The maximum absolute atomic E-state index is 13.0. The fraction of sp³-hybridized carbons (Fsp3) is 0.389. The molecule has 22 heavy (non-hydrogen) atoms. The van der Waals surface area contributed by atoms with Gasteiger partial charge < -0.3 is 10.1 Å². The van der Waals surface area contributed by atoms with E-state index in [1.807, 2.05) is 18.3 Å². The van der Waals surface area contributed by atoms with Crippen molar-refractivity contribution in [3.8, 4) is 0 Å². The van der Waals surface area contributed by atoms with Crippen LogP contribution >= 0.6 is 0 Å². The van der Waals surface area contributed by atoms with E-state index in [0.717, 1.165) is 55.8 Å². The first-order valence-corrected chi connectivity index (χ1v) is 7.81. The molecule has 2 aromatic rings. The van der Waals surface area contributed by atoms with Crippen LogP contribution in [0.15, 0.2) is 36.5 Å². The minimum Gasteiger partial charge on any atom is -0.383 e. The number of anilines is 1. The average molecular weight is 298 g/mol. The summed E-state index contributed by atoms with van der Waals surface area (Å²) in [7, 11) is 0. The monoisotopic (exact) mass is 298 g/mol. The molecule has 3 heterocycles. The van der Waals surface area contributed by atoms with Gasteiger partial charge in [-0.25, -0.2) is 4.39 Å². The molecule has 0 saturated carbocycles. The van der Waals surface area contributed by atoms with Gasteiger partial charge >= 0.3 is 0 Å². The van der Waals surface area contributed by atoms with Gasteiger partial charge in [0.25, 0.3) is 0 Å². The number of aromatic nitrogens is 1. The van der Waals surface area contributed by atoms with E-state index in [9.17, 15) is 4.39 Å². The van der Waals surface area contributed by atoms with Crippen molar-refractivity contribution >= 4 is 5.69 Å². The highest BCUT2D eigenvalue weighted by atomic mass is 19.1. The van der Waals surface area contributed by atoms with Crippen LogP contribution in [0, 0.1) is 5.82 Å². The number of ether oxygens (including phenoxy) is 1. The predicted octanol–water partition coefficient (Wildman–Crippen LogP) is 3.29. The average Bonchev–Trinajstić information content (AvgIpc) is 2.88. The molecule has 0 amide bonds. The Morgan fingerprint density at radius 2 is 1.91 bits per heavy atom. The molecule has 4 heteroatoms. The van der Waals surface area contributed by atoms with E-state index < -0.39 is 0 Å². The topological polar surface area (TPSA) is 34.2 Å². The molecule has 1 aromatic carbocycles. The number of fused-ring (bicyclic) bond motifs is 2. The van der Waals surface area contributed by atoms with E-state index in [2.05, 4.69) is 11.4 Å². The number of benzene rings is 1. The van der Waals surface area contributed by atoms with Crippen molar-refractivity contribution in [3.63, 3.8) is 0 Å². The van der Waals surface area contributed by atoms with Crippen LogP contribution in [0.4, 0.5) is 10.1 Å². The molecule has 1 fully saturated rings. The molecule has 1 N–H and O–H groups in total. The van der Waals surface area contributed by atoms with Crippen LogP contribution in [-0.2, 0) is 16.6 Å². The summed E-state index contributed by atoms with van der Waals surface area (Å²) >= 11 is 0. The first-order chi connectivity index (χ1) is 10.8. The molecule has 2 aliphatic heterocycles. The summed E-state index contributed by atoms with van der Waals surface area (Å²) in [6, 6.07) is 8.86. The van der Waals surface area contributed by atoms with Crippen LogP contribution in [0.1, 0.15) is 29.7 Å². The predicted molar refractivity (Wildman–Crippen MR) is 83.7 cm³/mol. The van der Waals surface area contributed by atoms with Crippen molar-refractivity contribution in [2.75, 3.05) is 25.1 Å². The molecule has 1 aromatic heterocycles. The summed E-state index contributed by atoms with van der Waals surface area (Å²) in [6.07, 6.45) is 4.82. The van der Waals surface area contributed by atoms with Crippen LogP contribution in [0.2, 0.25) is 0 Å². The maximum atomic E-state index is 13.0. The molecule has 0 unspecified atom stereocenters. The van der Waals surface area contributed by atoms with Gasteiger partial charge in [-0.3, -0.25) is 4.98 Å². The van der Waals surface area contributed by atoms with Gasteiger partial charge in [0.2, 0.25) is 0 Å². The first-order valence-electron chi connectivity index (χ1n) is 7.81. The highest BCUT2D eigenvalue weighted by Crippen LogP contribution is 2.42. The van der Waals surface area contributed by atoms with Crippen LogP contribution in [0.5, 0.6) is 0 Å². The van der Waals surface area contributed by atoms with E-state index >= 15 is 0 Å². The molecular weight excluding hydrogens is 279 g/mol. The number of rotatable bonds is 2. The Labute approximate surface area is 129 Å². The fourth-order valence-corrected chi connectivity index (χ4v) is 3.52. The van der Waals surface area contributed by atoms with Crippen molar-refractivity contribution in [3.05, 3.63) is 59.2 Å². The Balaban J connectivity index is 1.59. The van der Waals surface area contributed by atoms with Crippen LogP contribution in [0.25, 0.3) is 0 Å². The van der Waals surface area contributed by atoms with Crippen molar-refractivity contribution in [1.82, 2.24) is 4.98 Å². The minimum absolute atomic E-state index is 0.155. The zero-order valence-electron chi connectivity index (χ0n) is 12.4. The summed E-state index contributed by atoms with van der Waals surface area (Å²) in [4.78, 5) is 4.76. The van der Waals surface area contributed by atoms with Crippen molar-refractivity contribution < 1.29 is 9.13 Å². The smallest absolute Gasteiger partial charge is 0.123 e. The number of hydrogen-bond acceptors (Lipinski definition) is 3. The largest absolute Gasteiger partial charge is 0.383 e. The number of nitrogens with one attached hydrogen (secondary N) is 1. The van der Waals surface area contributed by atoms with E-state index in [0.29, 0.717) is 0 Å². The molecule has 0 radical (unpaired) electrons.